The molecular formula is C31H32F2N4O5. The molecule has 11 heteroatoms. The molecule has 0 radical (unpaired) electrons. The molecule has 42 heavy (non-hydrogen) atoms. The number of nitrogens with zero attached hydrogens (tertiary/aromatic N) is 3. The predicted molar refractivity (Wildman–Crippen MR) is 149 cm³/mol. The van der Waals surface area contributed by atoms with Crippen LogP contribution in [0.4, 0.5) is 8.78 Å². The van der Waals surface area contributed by atoms with Crippen LogP contribution in [0.5, 0.6) is 5.75 Å². The first-order chi connectivity index (χ1) is 19.8. The molecule has 4 atom stereocenters. The van der Waals surface area contributed by atoms with E-state index >= 15 is 8.78 Å². The Balaban J connectivity index is 1.41. The summed E-state index contributed by atoms with van der Waals surface area (Å²) in [6.07, 6.45) is 1.07. The maximum Gasteiger partial charge on any atom is 0.290 e. The molecule has 3 N–H and O–H groups in total. The summed E-state index contributed by atoms with van der Waals surface area (Å²) in [5, 5.41) is 24.2. The van der Waals surface area contributed by atoms with E-state index in [-0.39, 0.29) is 24.3 Å². The number of amides is 3. The third-order valence-corrected chi connectivity index (χ3v) is 8.41. The maximum absolute atomic E-state index is 15.5. The van der Waals surface area contributed by atoms with Gasteiger partial charge in [0.25, 0.3) is 17.7 Å². The number of aromatic nitrogens is 1. The number of pyridine rings is 1. The van der Waals surface area contributed by atoms with Gasteiger partial charge in [0.1, 0.15) is 17.3 Å². The number of aromatic hydroxyl groups is 1. The number of rotatable bonds is 8. The Morgan fingerprint density at radius 2 is 1.76 bits per heavy atom. The van der Waals surface area contributed by atoms with Gasteiger partial charge in [0.2, 0.25) is 5.91 Å². The number of aliphatic hydroxyl groups excluding tert-OH is 1. The second-order valence-electron chi connectivity index (χ2n) is 11.2. The lowest BCUT2D eigenvalue weighted by atomic mass is 9.77. The monoisotopic (exact) mass is 578 g/mol. The highest BCUT2D eigenvalue weighted by atomic mass is 19.3. The molecule has 3 heterocycles. The van der Waals surface area contributed by atoms with Crippen LogP contribution < -0.4 is 5.32 Å². The van der Waals surface area contributed by atoms with Gasteiger partial charge in [-0.1, -0.05) is 30.3 Å². The van der Waals surface area contributed by atoms with Gasteiger partial charge in [0.05, 0.1) is 12.6 Å². The Morgan fingerprint density at radius 1 is 1.10 bits per heavy atom. The van der Waals surface area contributed by atoms with E-state index in [1.165, 1.54) is 25.4 Å². The Labute approximate surface area is 241 Å². The van der Waals surface area contributed by atoms with E-state index in [4.69, 9.17) is 0 Å². The van der Waals surface area contributed by atoms with Crippen LogP contribution in [0.2, 0.25) is 0 Å². The number of hydrogen-bond donors (Lipinski definition) is 3. The van der Waals surface area contributed by atoms with E-state index in [1.54, 1.807) is 62.4 Å². The average molecular weight is 579 g/mol. The average Bonchev–Trinajstić information content (AvgIpc) is 3.16. The quantitative estimate of drug-likeness (QED) is 0.354. The molecule has 9 nitrogen and oxygen atoms in total. The lowest BCUT2D eigenvalue weighted by Crippen LogP contribution is -2.78. The largest absolute Gasteiger partial charge is 0.508 e. The van der Waals surface area contributed by atoms with Gasteiger partial charge in [-0.25, -0.2) is 8.78 Å². The van der Waals surface area contributed by atoms with Gasteiger partial charge in [-0.05, 0) is 68.1 Å². The number of aliphatic hydroxyl groups is 1. The normalized spacial score (nSPS) is 22.2. The summed E-state index contributed by atoms with van der Waals surface area (Å²) in [4.78, 5) is 45.9. The molecule has 2 aliphatic heterocycles. The molecule has 0 saturated carbocycles. The number of carbonyl (C=O) groups excluding carboxylic acids is 3. The zero-order valence-corrected chi connectivity index (χ0v) is 23.4. The number of benzene rings is 2. The van der Waals surface area contributed by atoms with Crippen LogP contribution in [0, 0.1) is 13.8 Å². The SMILES string of the molecule is Cc1cc(O)c(C)c(C(=O)N[C@@H](Cc2ccccc2)[C@H](O)C(=O)N2CC(F)(F)C3(C)[C@H]2C(=O)N3Cc2ccncc2)c1. The van der Waals surface area contributed by atoms with Crippen LogP contribution >= 0.6 is 0 Å². The number of β-lactam (4-membered cyclic amide) rings is 1. The number of fused-ring (bicyclic) bond motifs is 1. The first-order valence-corrected chi connectivity index (χ1v) is 13.6. The van der Waals surface area contributed by atoms with Crippen molar-refractivity contribution in [3.63, 3.8) is 0 Å². The standard InChI is InChI=1S/C31H32F2N4O5/c1-18-13-22(19(2)24(38)14-18)27(40)35-23(15-20-7-5-4-6-8-20)25(39)28(41)36-17-31(32,33)30(3)26(36)29(42)37(30)16-21-9-11-34-12-10-21/h4-14,23,25-26,38-39H,15-17H2,1-3H3,(H,35,40)/t23-,25-,26+,30?/m0/s1. The number of aryl methyl sites for hydroxylation is 1. The third kappa shape index (κ3) is 4.87. The van der Waals surface area contributed by atoms with Gasteiger partial charge in [-0.3, -0.25) is 19.4 Å². The predicted octanol–water partition coefficient (Wildman–Crippen LogP) is 2.75. The van der Waals surface area contributed by atoms with Gasteiger partial charge in [-0.2, -0.15) is 0 Å². The molecule has 3 amide bonds. The maximum atomic E-state index is 15.5. The molecule has 0 aliphatic carbocycles. The topological polar surface area (TPSA) is 123 Å². The number of nitrogens with one attached hydrogen (secondary N) is 1. The summed E-state index contributed by atoms with van der Waals surface area (Å²) in [5.41, 5.74) is 0.392. The molecule has 2 aromatic carbocycles. The number of phenols is 1. The van der Waals surface area contributed by atoms with Crippen LogP contribution in [0.25, 0.3) is 0 Å². The fraction of sp³-hybridized carbons (Fsp3) is 0.355. The molecule has 220 valence electrons. The van der Waals surface area contributed by atoms with Crippen LogP contribution in [-0.2, 0) is 22.6 Å². The third-order valence-electron chi connectivity index (χ3n) is 8.41. The Hall–Kier alpha value is -4.38. The fourth-order valence-corrected chi connectivity index (χ4v) is 5.89. The van der Waals surface area contributed by atoms with E-state index in [0.29, 0.717) is 22.3 Å². The van der Waals surface area contributed by atoms with Gasteiger partial charge >= 0.3 is 0 Å². The minimum Gasteiger partial charge on any atom is -0.508 e. The van der Waals surface area contributed by atoms with Crippen LogP contribution in [0.15, 0.2) is 67.0 Å². The van der Waals surface area contributed by atoms with Crippen molar-refractivity contribution in [1.82, 2.24) is 20.1 Å². The van der Waals surface area contributed by atoms with Crippen LogP contribution in [0.1, 0.15) is 39.5 Å². The van der Waals surface area contributed by atoms with Crippen LogP contribution in [-0.4, -0.2) is 78.9 Å². The Kier molecular flexibility index (Phi) is 7.48. The second kappa shape index (κ2) is 10.8. The summed E-state index contributed by atoms with van der Waals surface area (Å²) < 4.78 is 31.1. The highest BCUT2D eigenvalue weighted by molar-refractivity contribution is 5.99. The lowest BCUT2D eigenvalue weighted by molar-refractivity contribution is -0.193. The van der Waals surface area contributed by atoms with Crippen molar-refractivity contribution in [3.05, 3.63) is 94.8 Å². The highest BCUT2D eigenvalue weighted by Crippen LogP contribution is 2.53. The summed E-state index contributed by atoms with van der Waals surface area (Å²) in [7, 11) is 0. The van der Waals surface area contributed by atoms with Crippen LogP contribution in [0.3, 0.4) is 0 Å². The first-order valence-electron chi connectivity index (χ1n) is 13.6. The van der Waals surface area contributed by atoms with E-state index in [9.17, 15) is 24.6 Å². The van der Waals surface area contributed by atoms with Gasteiger partial charge < -0.3 is 25.3 Å². The van der Waals surface area contributed by atoms with Crippen molar-refractivity contribution in [1.29, 1.82) is 0 Å². The Morgan fingerprint density at radius 3 is 2.43 bits per heavy atom. The molecule has 5 rings (SSSR count). The second-order valence-corrected chi connectivity index (χ2v) is 11.2. The van der Waals surface area contributed by atoms with Gasteiger partial charge in [0.15, 0.2) is 6.10 Å². The number of carbonyl (C=O) groups is 3. The van der Waals surface area contributed by atoms with Crippen molar-refractivity contribution < 1.29 is 33.4 Å². The lowest BCUT2D eigenvalue weighted by Gasteiger charge is -2.54. The summed E-state index contributed by atoms with van der Waals surface area (Å²) in [6, 6.07) is 12.4. The van der Waals surface area contributed by atoms with Crippen molar-refractivity contribution >= 4 is 17.7 Å². The summed E-state index contributed by atoms with van der Waals surface area (Å²) in [5.74, 6) is -5.93. The zero-order valence-electron chi connectivity index (χ0n) is 23.4. The zero-order chi connectivity index (χ0) is 30.4. The molecule has 2 saturated heterocycles. The molecule has 1 aromatic heterocycles. The molecule has 1 unspecified atom stereocenters. The fourth-order valence-electron chi connectivity index (χ4n) is 5.89. The summed E-state index contributed by atoms with van der Waals surface area (Å²) in [6.45, 7) is 3.37. The molecular weight excluding hydrogens is 546 g/mol. The minimum absolute atomic E-state index is 0.00458. The van der Waals surface area contributed by atoms with Crippen molar-refractivity contribution in [2.45, 2.75) is 63.4 Å². The van der Waals surface area contributed by atoms with E-state index < -0.39 is 53.9 Å². The Bertz CT molecular complexity index is 1520. The number of likely N-dealkylation sites (tertiary alicyclic amines) is 2. The van der Waals surface area contributed by atoms with E-state index in [0.717, 1.165) is 9.80 Å². The number of phenolic OH excluding ortho intramolecular Hbond substituents is 1. The van der Waals surface area contributed by atoms with E-state index in [2.05, 4.69) is 10.3 Å². The van der Waals surface area contributed by atoms with Crippen molar-refractivity contribution in [2.75, 3.05) is 6.54 Å². The molecule has 2 fully saturated rings. The van der Waals surface area contributed by atoms with Gasteiger partial charge in [-0.15, -0.1) is 0 Å². The number of halogens is 2. The highest BCUT2D eigenvalue weighted by Gasteiger charge is 2.77. The minimum atomic E-state index is -3.46. The summed E-state index contributed by atoms with van der Waals surface area (Å²) >= 11 is 0. The van der Waals surface area contributed by atoms with Crippen molar-refractivity contribution in [2.24, 2.45) is 0 Å². The first kappa shape index (κ1) is 29.1. The molecule has 0 spiro atoms. The number of hydrogen-bond acceptors (Lipinski definition) is 6. The molecule has 3 aromatic rings. The van der Waals surface area contributed by atoms with E-state index in [1.807, 2.05) is 0 Å². The molecule has 2 aliphatic rings. The van der Waals surface area contributed by atoms with Crippen molar-refractivity contribution in [3.8, 4) is 5.75 Å². The number of alkyl halides is 2. The smallest absolute Gasteiger partial charge is 0.290 e. The van der Waals surface area contributed by atoms with Gasteiger partial charge in [0, 0.05) is 30.1 Å². The molecule has 0 bridgehead atoms.